The number of anilines is 1. The van der Waals surface area contributed by atoms with Crippen LogP contribution in [0.1, 0.15) is 25.5 Å². The lowest BCUT2D eigenvalue weighted by atomic mass is 10.1. The Morgan fingerprint density at radius 1 is 1.20 bits per heavy atom. The van der Waals surface area contributed by atoms with Crippen molar-refractivity contribution in [3.05, 3.63) is 29.8 Å². The van der Waals surface area contributed by atoms with Gasteiger partial charge in [0.15, 0.2) is 0 Å². The van der Waals surface area contributed by atoms with Crippen LogP contribution in [0.3, 0.4) is 0 Å². The molecule has 15 heavy (non-hydrogen) atoms. The predicted octanol–water partition coefficient (Wildman–Crippen LogP) is 1.56. The number of aliphatic hydroxyl groups is 2. The maximum atomic E-state index is 9.60. The molecular formula is C12H19NO2. The molecule has 0 aromatic heterocycles. The van der Waals surface area contributed by atoms with E-state index in [4.69, 9.17) is 0 Å². The molecule has 1 rings (SSSR count). The first-order valence-electron chi connectivity index (χ1n) is 5.18. The van der Waals surface area contributed by atoms with Crippen LogP contribution in [-0.2, 0) is 0 Å². The van der Waals surface area contributed by atoms with E-state index in [1.807, 2.05) is 36.2 Å². The summed E-state index contributed by atoms with van der Waals surface area (Å²) in [5.41, 5.74) is 1.86. The van der Waals surface area contributed by atoms with Gasteiger partial charge in [-0.15, -0.1) is 0 Å². The summed E-state index contributed by atoms with van der Waals surface area (Å²) < 4.78 is 0. The van der Waals surface area contributed by atoms with Crippen LogP contribution in [0.25, 0.3) is 0 Å². The maximum absolute atomic E-state index is 9.60. The average molecular weight is 209 g/mol. The lowest BCUT2D eigenvalue weighted by Crippen LogP contribution is -2.27. The molecule has 0 spiro atoms. The zero-order chi connectivity index (χ0) is 11.4. The molecule has 2 atom stereocenters. The van der Waals surface area contributed by atoms with E-state index >= 15 is 0 Å². The molecule has 0 aliphatic heterocycles. The molecule has 0 bridgehead atoms. The molecule has 0 aliphatic rings. The fraction of sp³-hybridized carbons (Fsp3) is 0.500. The number of benzene rings is 1. The molecule has 3 nitrogen and oxygen atoms in total. The van der Waals surface area contributed by atoms with Crippen molar-refractivity contribution in [2.45, 2.75) is 26.1 Å². The molecular weight excluding hydrogens is 190 g/mol. The SMILES string of the molecule is CC(O)CN(C)c1ccccc1[C@H](C)O. The van der Waals surface area contributed by atoms with Gasteiger partial charge in [-0.25, -0.2) is 0 Å². The monoisotopic (exact) mass is 209 g/mol. The van der Waals surface area contributed by atoms with Gasteiger partial charge in [-0.1, -0.05) is 18.2 Å². The Bertz CT molecular complexity index is 310. The number of hydrogen-bond acceptors (Lipinski definition) is 3. The van der Waals surface area contributed by atoms with Crippen LogP contribution in [-0.4, -0.2) is 29.9 Å². The Kier molecular flexibility index (Phi) is 4.12. The van der Waals surface area contributed by atoms with Crippen molar-refractivity contribution in [3.8, 4) is 0 Å². The van der Waals surface area contributed by atoms with Gasteiger partial charge in [0, 0.05) is 24.8 Å². The van der Waals surface area contributed by atoms with E-state index in [1.165, 1.54) is 0 Å². The highest BCUT2D eigenvalue weighted by Crippen LogP contribution is 2.25. The summed E-state index contributed by atoms with van der Waals surface area (Å²) in [4.78, 5) is 1.95. The molecule has 1 aromatic carbocycles. The average Bonchev–Trinajstić information content (AvgIpc) is 2.16. The van der Waals surface area contributed by atoms with Gasteiger partial charge in [0.2, 0.25) is 0 Å². The highest BCUT2D eigenvalue weighted by Gasteiger charge is 2.11. The van der Waals surface area contributed by atoms with E-state index in [0.29, 0.717) is 6.54 Å². The fourth-order valence-electron chi connectivity index (χ4n) is 1.68. The van der Waals surface area contributed by atoms with Crippen molar-refractivity contribution in [2.24, 2.45) is 0 Å². The highest BCUT2D eigenvalue weighted by molar-refractivity contribution is 5.53. The van der Waals surface area contributed by atoms with Gasteiger partial charge in [-0.2, -0.15) is 0 Å². The lowest BCUT2D eigenvalue weighted by molar-refractivity contribution is 0.195. The van der Waals surface area contributed by atoms with E-state index in [0.717, 1.165) is 11.3 Å². The number of likely N-dealkylation sites (N-methyl/N-ethyl adjacent to an activating group) is 1. The standard InChI is InChI=1S/C12H19NO2/c1-9(14)8-13(3)12-7-5-4-6-11(12)10(2)15/h4-7,9-10,14-15H,8H2,1-3H3/t9?,10-/m0/s1. The van der Waals surface area contributed by atoms with Crippen molar-refractivity contribution >= 4 is 5.69 Å². The van der Waals surface area contributed by atoms with E-state index in [9.17, 15) is 10.2 Å². The Balaban J connectivity index is 2.92. The molecule has 0 saturated heterocycles. The first-order valence-corrected chi connectivity index (χ1v) is 5.18. The lowest BCUT2D eigenvalue weighted by Gasteiger charge is -2.24. The fourth-order valence-corrected chi connectivity index (χ4v) is 1.68. The molecule has 1 unspecified atom stereocenters. The van der Waals surface area contributed by atoms with Crippen LogP contribution in [0, 0.1) is 0 Å². The predicted molar refractivity (Wildman–Crippen MR) is 62.0 cm³/mol. The third-order valence-electron chi connectivity index (χ3n) is 2.34. The smallest absolute Gasteiger partial charge is 0.0781 e. The molecule has 0 radical (unpaired) electrons. The second-order valence-corrected chi connectivity index (χ2v) is 3.96. The second kappa shape index (κ2) is 5.14. The Morgan fingerprint density at radius 3 is 2.33 bits per heavy atom. The van der Waals surface area contributed by atoms with Crippen LogP contribution in [0.2, 0.25) is 0 Å². The van der Waals surface area contributed by atoms with Crippen LogP contribution in [0.15, 0.2) is 24.3 Å². The zero-order valence-corrected chi connectivity index (χ0v) is 9.51. The van der Waals surface area contributed by atoms with Crippen molar-refractivity contribution in [1.82, 2.24) is 0 Å². The Labute approximate surface area is 91.0 Å². The largest absolute Gasteiger partial charge is 0.392 e. The van der Waals surface area contributed by atoms with Gasteiger partial charge < -0.3 is 15.1 Å². The summed E-state index contributed by atoms with van der Waals surface area (Å²) in [6.07, 6.45) is -0.866. The molecule has 0 aliphatic carbocycles. The minimum absolute atomic E-state index is 0.378. The highest BCUT2D eigenvalue weighted by atomic mass is 16.3. The van der Waals surface area contributed by atoms with Gasteiger partial charge in [0.25, 0.3) is 0 Å². The summed E-state index contributed by atoms with van der Waals surface area (Å²) in [6.45, 7) is 4.06. The molecule has 0 fully saturated rings. The minimum Gasteiger partial charge on any atom is -0.392 e. The van der Waals surface area contributed by atoms with Gasteiger partial charge in [-0.05, 0) is 19.9 Å². The maximum Gasteiger partial charge on any atom is 0.0781 e. The molecule has 2 N–H and O–H groups in total. The summed E-state index contributed by atoms with van der Waals surface area (Å²) in [7, 11) is 1.91. The van der Waals surface area contributed by atoms with E-state index in [2.05, 4.69) is 0 Å². The molecule has 0 heterocycles. The Morgan fingerprint density at radius 2 is 1.80 bits per heavy atom. The summed E-state index contributed by atoms with van der Waals surface area (Å²) >= 11 is 0. The van der Waals surface area contributed by atoms with Crippen molar-refractivity contribution in [2.75, 3.05) is 18.5 Å². The van der Waals surface area contributed by atoms with Crippen LogP contribution in [0.5, 0.6) is 0 Å². The van der Waals surface area contributed by atoms with Crippen LogP contribution >= 0.6 is 0 Å². The van der Waals surface area contributed by atoms with Gasteiger partial charge in [-0.3, -0.25) is 0 Å². The van der Waals surface area contributed by atoms with Gasteiger partial charge >= 0.3 is 0 Å². The van der Waals surface area contributed by atoms with E-state index in [-0.39, 0.29) is 6.10 Å². The molecule has 0 saturated carbocycles. The first kappa shape index (κ1) is 12.0. The molecule has 84 valence electrons. The molecule has 1 aromatic rings. The summed E-state index contributed by atoms with van der Waals surface area (Å²) in [6, 6.07) is 7.69. The normalized spacial score (nSPS) is 14.7. The zero-order valence-electron chi connectivity index (χ0n) is 9.51. The molecule has 0 amide bonds. The van der Waals surface area contributed by atoms with Gasteiger partial charge in [0.1, 0.15) is 0 Å². The topological polar surface area (TPSA) is 43.7 Å². The first-order chi connectivity index (χ1) is 7.02. The third kappa shape index (κ3) is 3.22. The summed E-state index contributed by atoms with van der Waals surface area (Å²) in [5, 5.41) is 18.9. The number of aliphatic hydroxyl groups excluding tert-OH is 2. The quantitative estimate of drug-likeness (QED) is 0.791. The number of hydrogen-bond donors (Lipinski definition) is 2. The number of para-hydroxylation sites is 1. The summed E-state index contributed by atoms with van der Waals surface area (Å²) in [5.74, 6) is 0. The van der Waals surface area contributed by atoms with Crippen LogP contribution < -0.4 is 4.90 Å². The minimum atomic E-state index is -0.488. The molecule has 3 heteroatoms. The van der Waals surface area contributed by atoms with Crippen molar-refractivity contribution in [3.63, 3.8) is 0 Å². The third-order valence-corrected chi connectivity index (χ3v) is 2.34. The Hall–Kier alpha value is -1.06. The van der Waals surface area contributed by atoms with Crippen molar-refractivity contribution in [1.29, 1.82) is 0 Å². The van der Waals surface area contributed by atoms with Crippen molar-refractivity contribution < 1.29 is 10.2 Å². The van der Waals surface area contributed by atoms with Crippen LogP contribution in [0.4, 0.5) is 5.69 Å². The van der Waals surface area contributed by atoms with Gasteiger partial charge in [0.05, 0.1) is 12.2 Å². The van der Waals surface area contributed by atoms with E-state index in [1.54, 1.807) is 13.8 Å². The number of nitrogens with zero attached hydrogens (tertiary/aromatic N) is 1. The second-order valence-electron chi connectivity index (χ2n) is 3.96. The van der Waals surface area contributed by atoms with E-state index < -0.39 is 6.10 Å². The number of rotatable bonds is 4.